The summed E-state index contributed by atoms with van der Waals surface area (Å²) in [5.41, 5.74) is 4.21. The van der Waals surface area contributed by atoms with E-state index in [0.29, 0.717) is 34.7 Å². The van der Waals surface area contributed by atoms with Crippen molar-refractivity contribution in [1.82, 2.24) is 9.88 Å². The van der Waals surface area contributed by atoms with Crippen LogP contribution in [0.5, 0.6) is 0 Å². The molecule has 7 heteroatoms. The van der Waals surface area contributed by atoms with E-state index in [-0.39, 0.29) is 12.1 Å². The maximum absolute atomic E-state index is 13.6. The van der Waals surface area contributed by atoms with E-state index in [1.54, 1.807) is 23.1 Å². The Hall–Kier alpha value is -3.74. The molecule has 0 radical (unpaired) electrons. The molecule has 1 aromatic heterocycles. The Bertz CT molecular complexity index is 1320. The van der Waals surface area contributed by atoms with E-state index < -0.39 is 11.6 Å². The first-order valence-electron chi connectivity index (χ1n) is 10.5. The van der Waals surface area contributed by atoms with Crippen LogP contribution in [-0.4, -0.2) is 22.5 Å². The topological polar surface area (TPSA) is 58.4 Å². The monoisotopic (exact) mass is 433 g/mol. The Morgan fingerprint density at radius 3 is 2.66 bits per heavy atom. The highest BCUT2D eigenvalue weighted by Crippen LogP contribution is 2.35. The summed E-state index contributed by atoms with van der Waals surface area (Å²) < 4.78 is 32.9. The van der Waals surface area contributed by atoms with Crippen molar-refractivity contribution in [1.29, 1.82) is 0 Å². The fraction of sp³-hybridized carbons (Fsp3) is 0.200. The first kappa shape index (κ1) is 20.2. The maximum atomic E-state index is 13.6. The van der Waals surface area contributed by atoms with Crippen molar-refractivity contribution in [2.45, 2.75) is 25.8 Å². The zero-order chi connectivity index (χ0) is 22.2. The quantitative estimate of drug-likeness (QED) is 0.404. The standard InChI is InChI=1S/C25H21F2N3O2/c1-15-5-2-3-6-20(15)29-25(31)30-12-4-7-22(30)24-28-21-14-17(9-11-23(21)32-24)16-8-10-18(26)19(27)13-16/h2-3,5-6,8-11,13-14,22H,4,7,12H2,1H3,(H,29,31). The molecule has 0 saturated carbocycles. The van der Waals surface area contributed by atoms with Gasteiger partial charge in [-0.3, -0.25) is 0 Å². The molecule has 2 amide bonds. The van der Waals surface area contributed by atoms with Gasteiger partial charge in [0.1, 0.15) is 11.6 Å². The van der Waals surface area contributed by atoms with Crippen LogP contribution in [0.3, 0.4) is 0 Å². The van der Waals surface area contributed by atoms with E-state index in [1.165, 1.54) is 6.07 Å². The van der Waals surface area contributed by atoms with Crippen LogP contribution in [0.1, 0.15) is 30.3 Å². The molecule has 3 aromatic carbocycles. The molecule has 162 valence electrons. The van der Waals surface area contributed by atoms with Gasteiger partial charge in [0.25, 0.3) is 0 Å². The summed E-state index contributed by atoms with van der Waals surface area (Å²) in [4.78, 5) is 19.3. The number of urea groups is 1. The summed E-state index contributed by atoms with van der Waals surface area (Å²) in [5.74, 6) is -1.31. The molecule has 1 saturated heterocycles. The molecule has 1 aliphatic heterocycles. The molecule has 32 heavy (non-hydrogen) atoms. The van der Waals surface area contributed by atoms with Crippen LogP contribution in [0.15, 0.2) is 65.1 Å². The molecule has 1 aliphatic rings. The summed E-state index contributed by atoms with van der Waals surface area (Å²) in [6.45, 7) is 2.56. The van der Waals surface area contributed by atoms with E-state index in [0.717, 1.165) is 36.2 Å². The minimum Gasteiger partial charge on any atom is -0.438 e. The molecule has 0 spiro atoms. The number of hydrogen-bond acceptors (Lipinski definition) is 3. The van der Waals surface area contributed by atoms with Crippen LogP contribution in [0.4, 0.5) is 19.3 Å². The highest BCUT2D eigenvalue weighted by molar-refractivity contribution is 5.90. The number of benzene rings is 3. The average Bonchev–Trinajstić information content (AvgIpc) is 3.43. The van der Waals surface area contributed by atoms with Gasteiger partial charge in [0.15, 0.2) is 17.2 Å². The molecule has 1 unspecified atom stereocenters. The molecular formula is C25H21F2N3O2. The number of aromatic nitrogens is 1. The Balaban J connectivity index is 1.41. The number of anilines is 1. The third-order valence-corrected chi connectivity index (χ3v) is 5.84. The lowest BCUT2D eigenvalue weighted by Crippen LogP contribution is -2.34. The normalized spacial score (nSPS) is 16.0. The number of amides is 2. The number of fused-ring (bicyclic) bond motifs is 1. The number of rotatable bonds is 3. The number of nitrogens with one attached hydrogen (secondary N) is 1. The van der Waals surface area contributed by atoms with E-state index in [1.807, 2.05) is 31.2 Å². The van der Waals surface area contributed by atoms with Crippen molar-refractivity contribution in [2.24, 2.45) is 0 Å². The summed E-state index contributed by atoms with van der Waals surface area (Å²) in [6.07, 6.45) is 1.61. The van der Waals surface area contributed by atoms with Gasteiger partial charge in [-0.05, 0) is 66.8 Å². The SMILES string of the molecule is Cc1ccccc1NC(=O)N1CCCC1c1nc2cc(-c3ccc(F)c(F)c3)ccc2o1. The molecule has 5 nitrogen and oxygen atoms in total. The second-order valence-corrected chi connectivity index (χ2v) is 7.96. The van der Waals surface area contributed by atoms with Crippen LogP contribution in [0.25, 0.3) is 22.2 Å². The van der Waals surface area contributed by atoms with Crippen molar-refractivity contribution in [3.05, 3.63) is 83.8 Å². The Morgan fingerprint density at radius 1 is 1.06 bits per heavy atom. The van der Waals surface area contributed by atoms with Crippen LogP contribution in [0, 0.1) is 18.6 Å². The van der Waals surface area contributed by atoms with Crippen molar-refractivity contribution >= 4 is 22.8 Å². The molecule has 0 aliphatic carbocycles. The minimum absolute atomic E-state index is 0.188. The van der Waals surface area contributed by atoms with Gasteiger partial charge < -0.3 is 14.6 Å². The van der Waals surface area contributed by atoms with Gasteiger partial charge in [-0.25, -0.2) is 18.6 Å². The lowest BCUT2D eigenvalue weighted by molar-refractivity contribution is 0.199. The van der Waals surface area contributed by atoms with Crippen molar-refractivity contribution in [3.63, 3.8) is 0 Å². The summed E-state index contributed by atoms with van der Waals surface area (Å²) in [6, 6.07) is 16.3. The number of hydrogen-bond donors (Lipinski definition) is 1. The zero-order valence-corrected chi connectivity index (χ0v) is 17.4. The molecule has 1 atom stereocenters. The number of carbonyl (C=O) groups is 1. The maximum Gasteiger partial charge on any atom is 0.322 e. The van der Waals surface area contributed by atoms with E-state index >= 15 is 0 Å². The van der Waals surface area contributed by atoms with E-state index in [2.05, 4.69) is 10.3 Å². The first-order chi connectivity index (χ1) is 15.5. The average molecular weight is 433 g/mol. The number of halogens is 2. The summed E-state index contributed by atoms with van der Waals surface area (Å²) >= 11 is 0. The van der Waals surface area contributed by atoms with Gasteiger partial charge in [-0.15, -0.1) is 0 Å². The fourth-order valence-corrected chi connectivity index (χ4v) is 4.11. The number of likely N-dealkylation sites (tertiary alicyclic amines) is 1. The lowest BCUT2D eigenvalue weighted by Gasteiger charge is -2.23. The number of aryl methyl sites for hydroxylation is 1. The lowest BCUT2D eigenvalue weighted by atomic mass is 10.1. The van der Waals surface area contributed by atoms with E-state index in [4.69, 9.17) is 4.42 Å². The second kappa shape index (κ2) is 8.07. The third kappa shape index (κ3) is 3.70. The molecular weight excluding hydrogens is 412 g/mol. The smallest absolute Gasteiger partial charge is 0.322 e. The molecule has 1 fully saturated rings. The highest BCUT2D eigenvalue weighted by atomic mass is 19.2. The van der Waals surface area contributed by atoms with Gasteiger partial charge in [-0.2, -0.15) is 0 Å². The molecule has 5 rings (SSSR count). The van der Waals surface area contributed by atoms with Crippen LogP contribution < -0.4 is 5.32 Å². The Kier molecular flexibility index (Phi) is 5.09. The number of nitrogens with zero attached hydrogens (tertiary/aromatic N) is 2. The molecule has 4 aromatic rings. The van der Waals surface area contributed by atoms with Gasteiger partial charge >= 0.3 is 6.03 Å². The Morgan fingerprint density at radius 2 is 1.84 bits per heavy atom. The minimum atomic E-state index is -0.898. The zero-order valence-electron chi connectivity index (χ0n) is 17.4. The van der Waals surface area contributed by atoms with E-state index in [9.17, 15) is 13.6 Å². The van der Waals surface area contributed by atoms with Crippen molar-refractivity contribution in [2.75, 3.05) is 11.9 Å². The predicted octanol–water partition coefficient (Wildman–Crippen LogP) is 6.45. The van der Waals surface area contributed by atoms with Crippen molar-refractivity contribution in [3.8, 4) is 11.1 Å². The molecule has 0 bridgehead atoms. The third-order valence-electron chi connectivity index (χ3n) is 5.84. The highest BCUT2D eigenvalue weighted by Gasteiger charge is 2.33. The predicted molar refractivity (Wildman–Crippen MR) is 118 cm³/mol. The van der Waals surface area contributed by atoms with Gasteiger partial charge in [0, 0.05) is 12.2 Å². The number of oxazole rings is 1. The summed E-state index contributed by atoms with van der Waals surface area (Å²) in [5, 5.41) is 2.98. The van der Waals surface area contributed by atoms with Gasteiger partial charge in [0.2, 0.25) is 5.89 Å². The Labute approximate surface area is 183 Å². The fourth-order valence-electron chi connectivity index (χ4n) is 4.11. The van der Waals surface area contributed by atoms with Crippen LogP contribution in [-0.2, 0) is 0 Å². The van der Waals surface area contributed by atoms with Crippen LogP contribution >= 0.6 is 0 Å². The first-order valence-corrected chi connectivity index (χ1v) is 10.5. The largest absolute Gasteiger partial charge is 0.438 e. The number of carbonyl (C=O) groups excluding carboxylic acids is 1. The van der Waals surface area contributed by atoms with Gasteiger partial charge in [0.05, 0.1) is 0 Å². The van der Waals surface area contributed by atoms with Crippen LogP contribution in [0.2, 0.25) is 0 Å². The van der Waals surface area contributed by atoms with Crippen molar-refractivity contribution < 1.29 is 18.0 Å². The molecule has 1 N–H and O–H groups in total. The molecule has 2 heterocycles. The second-order valence-electron chi connectivity index (χ2n) is 7.96. The number of para-hydroxylation sites is 1. The van der Waals surface area contributed by atoms with Gasteiger partial charge in [-0.1, -0.05) is 30.3 Å². The summed E-state index contributed by atoms with van der Waals surface area (Å²) in [7, 11) is 0.